The summed E-state index contributed by atoms with van der Waals surface area (Å²) in [7, 11) is 0. The van der Waals surface area contributed by atoms with Gasteiger partial charge in [-0.25, -0.2) is 4.79 Å². The highest BCUT2D eigenvalue weighted by atomic mass is 16.6. The highest BCUT2D eigenvalue weighted by Crippen LogP contribution is 2.18. The largest absolute Gasteiger partial charge is 0.444 e. The average Bonchev–Trinajstić information content (AvgIpc) is 2.26. The molecule has 0 spiro atoms. The normalized spacial score (nSPS) is 14.4. The van der Waals surface area contributed by atoms with E-state index in [9.17, 15) is 14.4 Å². The van der Waals surface area contributed by atoms with Gasteiger partial charge in [0.2, 0.25) is 0 Å². The van der Waals surface area contributed by atoms with Gasteiger partial charge in [-0.15, -0.1) is 0 Å². The highest BCUT2D eigenvalue weighted by molar-refractivity contribution is 5.83. The number of aliphatic hydroxyl groups excluding tert-OH is 1. The van der Waals surface area contributed by atoms with Gasteiger partial charge in [-0.3, -0.25) is 4.79 Å². The number of amides is 1. The lowest BCUT2D eigenvalue weighted by atomic mass is 9.87. The van der Waals surface area contributed by atoms with Crippen molar-refractivity contribution in [3.05, 3.63) is 0 Å². The second-order valence-electron chi connectivity index (χ2n) is 5.82. The predicted octanol–water partition coefficient (Wildman–Crippen LogP) is 1.06. The Hall–Kier alpha value is -1.43. The smallest absolute Gasteiger partial charge is 0.407 e. The summed E-state index contributed by atoms with van der Waals surface area (Å²) in [6.07, 6.45) is 0.0540. The first kappa shape index (κ1) is 17.6. The molecule has 0 saturated heterocycles. The zero-order valence-corrected chi connectivity index (χ0v) is 12.0. The summed E-state index contributed by atoms with van der Waals surface area (Å²) < 4.78 is 5.01. The van der Waals surface area contributed by atoms with Crippen LogP contribution in [0, 0.1) is 5.41 Å². The molecule has 1 unspecified atom stereocenters. The molecule has 6 nitrogen and oxygen atoms in total. The Morgan fingerprint density at radius 1 is 1.26 bits per heavy atom. The third kappa shape index (κ3) is 8.31. The van der Waals surface area contributed by atoms with E-state index in [1.807, 2.05) is 0 Å². The first-order valence-electron chi connectivity index (χ1n) is 6.17. The SMILES string of the molecule is CC(C=O)(CO)CC(=O)CCNC(=O)OC(C)(C)C. The molecule has 0 rings (SSSR count). The van der Waals surface area contributed by atoms with E-state index in [0.717, 1.165) is 0 Å². The Bertz CT molecular complexity index is 334. The molecule has 0 aromatic carbocycles. The Balaban J connectivity index is 3.99. The van der Waals surface area contributed by atoms with Gasteiger partial charge in [-0.1, -0.05) is 6.92 Å². The summed E-state index contributed by atoms with van der Waals surface area (Å²) in [5.74, 6) is -0.195. The summed E-state index contributed by atoms with van der Waals surface area (Å²) in [5.41, 5.74) is -1.62. The minimum atomic E-state index is -1.04. The number of ether oxygens (including phenoxy) is 1. The van der Waals surface area contributed by atoms with E-state index in [1.54, 1.807) is 20.8 Å². The summed E-state index contributed by atoms with van der Waals surface area (Å²) in [4.78, 5) is 33.6. The Morgan fingerprint density at radius 2 is 1.84 bits per heavy atom. The number of ketones is 1. The molecule has 19 heavy (non-hydrogen) atoms. The minimum Gasteiger partial charge on any atom is -0.444 e. The van der Waals surface area contributed by atoms with Gasteiger partial charge < -0.3 is 20.0 Å². The zero-order chi connectivity index (χ0) is 15.1. The molecular weight excluding hydrogens is 250 g/mol. The molecule has 1 atom stereocenters. The average molecular weight is 273 g/mol. The molecule has 0 aliphatic carbocycles. The lowest BCUT2D eigenvalue weighted by Gasteiger charge is -2.20. The van der Waals surface area contributed by atoms with Crippen LogP contribution >= 0.6 is 0 Å². The molecular formula is C13H23NO5. The van der Waals surface area contributed by atoms with Crippen LogP contribution in [-0.2, 0) is 14.3 Å². The fourth-order valence-corrected chi connectivity index (χ4v) is 1.29. The van der Waals surface area contributed by atoms with Crippen LogP contribution in [0.25, 0.3) is 0 Å². The number of Topliss-reactive ketones (excluding diaryl/α,β-unsaturated/α-hetero) is 1. The van der Waals surface area contributed by atoms with Crippen molar-refractivity contribution < 1.29 is 24.2 Å². The van der Waals surface area contributed by atoms with E-state index < -0.39 is 17.1 Å². The van der Waals surface area contributed by atoms with Crippen molar-refractivity contribution in [1.82, 2.24) is 5.32 Å². The molecule has 0 fully saturated rings. The van der Waals surface area contributed by atoms with Crippen LogP contribution < -0.4 is 5.32 Å². The van der Waals surface area contributed by atoms with Crippen LogP contribution in [0.5, 0.6) is 0 Å². The third-order valence-electron chi connectivity index (χ3n) is 2.32. The van der Waals surface area contributed by atoms with Crippen molar-refractivity contribution >= 4 is 18.2 Å². The van der Waals surface area contributed by atoms with E-state index in [0.29, 0.717) is 6.29 Å². The number of carbonyl (C=O) groups is 3. The van der Waals surface area contributed by atoms with Gasteiger partial charge in [0.15, 0.2) is 0 Å². The van der Waals surface area contributed by atoms with Gasteiger partial charge in [-0.05, 0) is 20.8 Å². The lowest BCUT2D eigenvalue weighted by Crippen LogP contribution is -2.34. The van der Waals surface area contributed by atoms with E-state index in [4.69, 9.17) is 9.84 Å². The van der Waals surface area contributed by atoms with Crippen LogP contribution in [0.2, 0.25) is 0 Å². The summed E-state index contributed by atoms with van der Waals surface area (Å²) in [5, 5.41) is 11.5. The van der Waals surface area contributed by atoms with Gasteiger partial charge in [0.1, 0.15) is 17.7 Å². The van der Waals surface area contributed by atoms with Crippen molar-refractivity contribution in [3.63, 3.8) is 0 Å². The minimum absolute atomic E-state index is 0.0387. The maximum atomic E-state index is 11.6. The summed E-state index contributed by atoms with van der Waals surface area (Å²) in [6.45, 7) is 6.52. The molecule has 2 N–H and O–H groups in total. The maximum Gasteiger partial charge on any atom is 0.407 e. The number of hydrogen-bond acceptors (Lipinski definition) is 5. The van der Waals surface area contributed by atoms with Crippen LogP contribution in [0.1, 0.15) is 40.5 Å². The quantitative estimate of drug-likeness (QED) is 0.676. The van der Waals surface area contributed by atoms with Crippen LogP contribution in [0.15, 0.2) is 0 Å². The molecule has 0 aliphatic rings. The third-order valence-corrected chi connectivity index (χ3v) is 2.32. The molecule has 6 heteroatoms. The van der Waals surface area contributed by atoms with Gasteiger partial charge in [0.25, 0.3) is 0 Å². The molecule has 0 bridgehead atoms. The monoisotopic (exact) mass is 273 g/mol. The number of rotatable bonds is 7. The van der Waals surface area contributed by atoms with E-state index in [2.05, 4.69) is 5.32 Å². The topological polar surface area (TPSA) is 92.7 Å². The lowest BCUT2D eigenvalue weighted by molar-refractivity contribution is -0.127. The predicted molar refractivity (Wildman–Crippen MR) is 69.7 cm³/mol. The van der Waals surface area contributed by atoms with Crippen molar-refractivity contribution in [1.29, 1.82) is 0 Å². The Morgan fingerprint density at radius 3 is 2.26 bits per heavy atom. The molecule has 0 aromatic heterocycles. The second kappa shape index (κ2) is 7.23. The Kier molecular flexibility index (Phi) is 6.69. The zero-order valence-electron chi connectivity index (χ0n) is 12.0. The van der Waals surface area contributed by atoms with E-state index >= 15 is 0 Å². The second-order valence-corrected chi connectivity index (χ2v) is 5.82. The number of aliphatic hydroxyl groups is 1. The fourth-order valence-electron chi connectivity index (χ4n) is 1.29. The number of nitrogens with one attached hydrogen (secondary N) is 1. The van der Waals surface area contributed by atoms with Gasteiger partial charge >= 0.3 is 6.09 Å². The maximum absolute atomic E-state index is 11.6. The summed E-state index contributed by atoms with van der Waals surface area (Å²) in [6, 6.07) is 0. The van der Waals surface area contributed by atoms with Crippen LogP contribution in [-0.4, -0.2) is 42.0 Å². The van der Waals surface area contributed by atoms with E-state index in [1.165, 1.54) is 6.92 Å². The summed E-state index contributed by atoms with van der Waals surface area (Å²) >= 11 is 0. The number of carbonyl (C=O) groups excluding carboxylic acids is 3. The fraction of sp³-hybridized carbons (Fsp3) is 0.769. The molecule has 110 valence electrons. The number of alkyl carbamates (subject to hydrolysis) is 1. The van der Waals surface area contributed by atoms with Crippen LogP contribution in [0.4, 0.5) is 4.79 Å². The molecule has 0 aliphatic heterocycles. The van der Waals surface area contributed by atoms with E-state index in [-0.39, 0.29) is 31.8 Å². The highest BCUT2D eigenvalue weighted by Gasteiger charge is 2.26. The van der Waals surface area contributed by atoms with Gasteiger partial charge in [0, 0.05) is 19.4 Å². The van der Waals surface area contributed by atoms with Crippen LogP contribution in [0.3, 0.4) is 0 Å². The molecule has 1 amide bonds. The van der Waals surface area contributed by atoms with Crippen molar-refractivity contribution in [2.45, 2.75) is 46.1 Å². The molecule has 0 saturated carbocycles. The number of hydrogen-bond donors (Lipinski definition) is 2. The molecule has 0 heterocycles. The van der Waals surface area contributed by atoms with Crippen molar-refractivity contribution in [3.8, 4) is 0 Å². The first-order valence-corrected chi connectivity index (χ1v) is 6.17. The van der Waals surface area contributed by atoms with Crippen molar-refractivity contribution in [2.24, 2.45) is 5.41 Å². The van der Waals surface area contributed by atoms with Crippen molar-refractivity contribution in [2.75, 3.05) is 13.2 Å². The molecule has 0 aromatic rings. The van der Waals surface area contributed by atoms with Gasteiger partial charge in [-0.2, -0.15) is 0 Å². The van der Waals surface area contributed by atoms with Gasteiger partial charge in [0.05, 0.1) is 12.0 Å². The Labute approximate surface area is 113 Å². The standard InChI is InChI=1S/C13H23NO5/c1-12(2,3)19-11(18)14-6-5-10(17)7-13(4,8-15)9-16/h8,16H,5-7,9H2,1-4H3,(H,14,18). The molecule has 0 radical (unpaired) electrons. The first-order chi connectivity index (χ1) is 8.62. The number of aldehydes is 1.